The average molecular weight is 322 g/mol. The van der Waals surface area contributed by atoms with Crippen LogP contribution in [-0.2, 0) is 19.5 Å². The molecule has 0 aromatic carbocycles. The molecule has 0 unspecified atom stereocenters. The van der Waals surface area contributed by atoms with Crippen LogP contribution < -0.4 is 16.3 Å². The van der Waals surface area contributed by atoms with Crippen molar-refractivity contribution in [2.24, 2.45) is 10.9 Å². The predicted octanol–water partition coefficient (Wildman–Crippen LogP) is 0.982. The third-order valence-corrected chi connectivity index (χ3v) is 3.83. The van der Waals surface area contributed by atoms with Crippen LogP contribution in [0, 0.1) is 5.92 Å². The van der Waals surface area contributed by atoms with E-state index >= 15 is 0 Å². The van der Waals surface area contributed by atoms with Crippen LogP contribution >= 0.6 is 0 Å². The van der Waals surface area contributed by atoms with Gasteiger partial charge in [-0.25, -0.2) is 9.48 Å². The third kappa shape index (κ3) is 5.11. The van der Waals surface area contributed by atoms with Crippen LogP contribution in [0.3, 0.4) is 0 Å². The molecular weight excluding hydrogens is 292 g/mol. The highest BCUT2D eigenvalue weighted by atomic mass is 16.2. The number of guanidine groups is 1. The Morgan fingerprint density at radius 2 is 2.17 bits per heavy atom. The summed E-state index contributed by atoms with van der Waals surface area (Å²) in [5.74, 6) is 2.33. The number of aryl methyl sites for hydroxylation is 2. The maximum Gasteiger partial charge on any atom is 0.345 e. The second kappa shape index (κ2) is 8.74. The van der Waals surface area contributed by atoms with E-state index in [2.05, 4.69) is 41.5 Å². The summed E-state index contributed by atoms with van der Waals surface area (Å²) in [6.45, 7) is 10.3. The monoisotopic (exact) mass is 322 g/mol. The SMILES string of the molecule is CCNC(=NCC(C)C)NCCCn1nc2n(c1=O)CCCC2. The summed E-state index contributed by atoms with van der Waals surface area (Å²) < 4.78 is 3.44. The van der Waals surface area contributed by atoms with Gasteiger partial charge in [-0.2, -0.15) is 5.10 Å². The molecule has 0 saturated heterocycles. The van der Waals surface area contributed by atoms with Crippen LogP contribution in [0.2, 0.25) is 0 Å². The molecule has 1 aliphatic heterocycles. The van der Waals surface area contributed by atoms with Crippen molar-refractivity contribution >= 4 is 5.96 Å². The van der Waals surface area contributed by atoms with Gasteiger partial charge in [-0.1, -0.05) is 13.8 Å². The summed E-state index contributed by atoms with van der Waals surface area (Å²) in [4.78, 5) is 16.8. The fourth-order valence-corrected chi connectivity index (χ4v) is 2.65. The van der Waals surface area contributed by atoms with Crippen molar-refractivity contribution < 1.29 is 0 Å². The van der Waals surface area contributed by atoms with E-state index < -0.39 is 0 Å². The van der Waals surface area contributed by atoms with Gasteiger partial charge < -0.3 is 10.6 Å². The van der Waals surface area contributed by atoms with Gasteiger partial charge >= 0.3 is 5.69 Å². The van der Waals surface area contributed by atoms with Gasteiger partial charge in [0.25, 0.3) is 0 Å². The summed E-state index contributed by atoms with van der Waals surface area (Å²) in [5.41, 5.74) is 0.0417. The lowest BCUT2D eigenvalue weighted by molar-refractivity contribution is 0.509. The highest BCUT2D eigenvalue weighted by Gasteiger charge is 2.16. The van der Waals surface area contributed by atoms with Crippen molar-refractivity contribution in [1.29, 1.82) is 0 Å². The zero-order chi connectivity index (χ0) is 16.7. The Hall–Kier alpha value is -1.79. The summed E-state index contributed by atoms with van der Waals surface area (Å²) in [7, 11) is 0. The first-order valence-corrected chi connectivity index (χ1v) is 8.80. The number of fused-ring (bicyclic) bond motifs is 1. The Balaban J connectivity index is 1.81. The molecule has 23 heavy (non-hydrogen) atoms. The Morgan fingerprint density at radius 3 is 2.87 bits per heavy atom. The van der Waals surface area contributed by atoms with Crippen LogP contribution in [0.1, 0.15) is 45.9 Å². The van der Waals surface area contributed by atoms with Gasteiger partial charge in [-0.3, -0.25) is 9.56 Å². The number of aromatic nitrogens is 3. The fourth-order valence-electron chi connectivity index (χ4n) is 2.65. The van der Waals surface area contributed by atoms with Crippen LogP contribution in [0.4, 0.5) is 0 Å². The molecule has 0 bridgehead atoms. The zero-order valence-electron chi connectivity index (χ0n) is 14.6. The normalized spacial score (nSPS) is 14.9. The first kappa shape index (κ1) is 17.6. The van der Waals surface area contributed by atoms with Gasteiger partial charge in [0.15, 0.2) is 5.96 Å². The minimum absolute atomic E-state index is 0.0417. The fraction of sp³-hybridized carbons (Fsp3) is 0.812. The van der Waals surface area contributed by atoms with Crippen molar-refractivity contribution in [3.05, 3.63) is 16.3 Å². The number of nitrogens with zero attached hydrogens (tertiary/aromatic N) is 4. The van der Waals surface area contributed by atoms with E-state index in [-0.39, 0.29) is 5.69 Å². The number of nitrogens with one attached hydrogen (secondary N) is 2. The topological polar surface area (TPSA) is 76.2 Å². The molecule has 0 radical (unpaired) electrons. The van der Waals surface area contributed by atoms with E-state index in [1.807, 2.05) is 4.57 Å². The molecule has 1 aromatic heterocycles. The molecule has 0 fully saturated rings. The minimum atomic E-state index is 0.0417. The second-order valence-electron chi connectivity index (χ2n) is 6.42. The number of hydrogen-bond acceptors (Lipinski definition) is 3. The average Bonchev–Trinajstić information content (AvgIpc) is 2.85. The smallest absolute Gasteiger partial charge is 0.345 e. The number of hydrogen-bond donors (Lipinski definition) is 2. The van der Waals surface area contributed by atoms with Crippen LogP contribution in [0.25, 0.3) is 0 Å². The van der Waals surface area contributed by atoms with Crippen molar-refractivity contribution in [1.82, 2.24) is 25.0 Å². The molecule has 1 aromatic rings. The van der Waals surface area contributed by atoms with E-state index in [9.17, 15) is 4.79 Å². The molecule has 130 valence electrons. The first-order chi connectivity index (χ1) is 11.1. The van der Waals surface area contributed by atoms with E-state index in [1.54, 1.807) is 4.68 Å². The van der Waals surface area contributed by atoms with Crippen LogP contribution in [0.15, 0.2) is 9.79 Å². The van der Waals surface area contributed by atoms with Gasteiger partial charge in [0.2, 0.25) is 0 Å². The molecule has 0 spiro atoms. The lowest BCUT2D eigenvalue weighted by atomic mass is 10.2. The first-order valence-electron chi connectivity index (χ1n) is 8.80. The van der Waals surface area contributed by atoms with Crippen LogP contribution in [-0.4, -0.2) is 39.9 Å². The largest absolute Gasteiger partial charge is 0.357 e. The maximum absolute atomic E-state index is 12.2. The molecule has 2 heterocycles. The summed E-state index contributed by atoms with van der Waals surface area (Å²) >= 11 is 0. The predicted molar refractivity (Wildman–Crippen MR) is 92.9 cm³/mol. The van der Waals surface area contributed by atoms with E-state index in [0.29, 0.717) is 12.5 Å². The lowest BCUT2D eigenvalue weighted by Gasteiger charge is -2.11. The molecule has 7 heteroatoms. The molecular formula is C16H30N6O. The molecule has 0 amide bonds. The highest BCUT2D eigenvalue weighted by molar-refractivity contribution is 5.79. The third-order valence-electron chi connectivity index (χ3n) is 3.83. The Labute approximate surface area is 138 Å². The number of rotatable bonds is 7. The van der Waals surface area contributed by atoms with Gasteiger partial charge in [0, 0.05) is 39.1 Å². The van der Waals surface area contributed by atoms with E-state index in [4.69, 9.17) is 0 Å². The maximum atomic E-state index is 12.2. The summed E-state index contributed by atoms with van der Waals surface area (Å²) in [6.07, 6.45) is 3.99. The van der Waals surface area contributed by atoms with Crippen molar-refractivity contribution in [3.63, 3.8) is 0 Å². The second-order valence-corrected chi connectivity index (χ2v) is 6.42. The standard InChI is InChI=1S/C16H30N6O/c1-4-17-15(19-12-13(2)3)18-9-7-11-22-16(23)21-10-6-5-8-14(21)20-22/h13H,4-12H2,1-3H3,(H2,17,18,19). The minimum Gasteiger partial charge on any atom is -0.357 e. The van der Waals surface area contributed by atoms with Crippen molar-refractivity contribution in [2.45, 2.75) is 59.5 Å². The van der Waals surface area contributed by atoms with Crippen molar-refractivity contribution in [3.8, 4) is 0 Å². The van der Waals surface area contributed by atoms with Gasteiger partial charge in [-0.05, 0) is 32.1 Å². The molecule has 0 atom stereocenters. The van der Waals surface area contributed by atoms with Crippen molar-refractivity contribution in [2.75, 3.05) is 19.6 Å². The molecule has 7 nitrogen and oxygen atoms in total. The zero-order valence-corrected chi connectivity index (χ0v) is 14.6. The summed E-state index contributed by atoms with van der Waals surface area (Å²) in [6, 6.07) is 0. The lowest BCUT2D eigenvalue weighted by Crippen LogP contribution is -2.38. The summed E-state index contributed by atoms with van der Waals surface area (Å²) in [5, 5.41) is 11.0. The van der Waals surface area contributed by atoms with Gasteiger partial charge in [0.05, 0.1) is 0 Å². The molecule has 2 N–H and O–H groups in total. The van der Waals surface area contributed by atoms with Crippen LogP contribution in [0.5, 0.6) is 0 Å². The molecule has 2 rings (SSSR count). The van der Waals surface area contributed by atoms with E-state index in [0.717, 1.165) is 63.6 Å². The Bertz CT molecular complexity index is 572. The molecule has 0 aliphatic carbocycles. The highest BCUT2D eigenvalue weighted by Crippen LogP contribution is 2.09. The number of aliphatic imine (C=N–C) groups is 1. The quantitative estimate of drug-likeness (QED) is 0.446. The Kier molecular flexibility index (Phi) is 6.67. The Morgan fingerprint density at radius 1 is 1.35 bits per heavy atom. The van der Waals surface area contributed by atoms with Gasteiger partial charge in [0.1, 0.15) is 5.82 Å². The molecule has 0 saturated carbocycles. The molecule has 1 aliphatic rings. The van der Waals surface area contributed by atoms with Gasteiger partial charge in [-0.15, -0.1) is 0 Å². The van der Waals surface area contributed by atoms with E-state index in [1.165, 1.54) is 0 Å².